The molecule has 0 aromatic heterocycles. The van der Waals surface area contributed by atoms with Crippen LogP contribution >= 0.6 is 23.4 Å². The molecule has 1 rings (SSSR count). The van der Waals surface area contributed by atoms with Crippen LogP contribution in [0.1, 0.15) is 66.9 Å². The summed E-state index contributed by atoms with van der Waals surface area (Å²) in [6, 6.07) is 8.60. The highest BCUT2D eigenvalue weighted by Gasteiger charge is 2.27. The van der Waals surface area contributed by atoms with Crippen molar-refractivity contribution in [2.24, 2.45) is 10.2 Å². The molecule has 0 N–H and O–H groups in total. The molecule has 0 spiro atoms. The topological polar surface area (TPSA) is 51.0 Å². The minimum absolute atomic E-state index is 0.129. The van der Waals surface area contributed by atoms with E-state index in [9.17, 15) is 4.79 Å². The summed E-state index contributed by atoms with van der Waals surface area (Å²) < 4.78 is 4.83. The predicted octanol–water partition coefficient (Wildman–Crippen LogP) is 7.20. The van der Waals surface area contributed by atoms with Gasteiger partial charge in [-0.2, -0.15) is 10.2 Å². The Bertz CT molecular complexity index is 618. The third kappa shape index (κ3) is 9.04. The molecule has 1 aromatic rings. The van der Waals surface area contributed by atoms with Crippen molar-refractivity contribution < 1.29 is 9.53 Å². The van der Waals surface area contributed by atoms with Crippen molar-refractivity contribution in [2.45, 2.75) is 82.0 Å². The van der Waals surface area contributed by atoms with E-state index < -0.39 is 10.3 Å². The molecule has 0 aliphatic carbocycles. The summed E-state index contributed by atoms with van der Waals surface area (Å²) in [5, 5.41) is 9.09. The lowest BCUT2D eigenvalue weighted by Gasteiger charge is -2.25. The van der Waals surface area contributed by atoms with Crippen LogP contribution in [0.4, 0.5) is 4.79 Å². The minimum Gasteiger partial charge on any atom is -0.454 e. The van der Waals surface area contributed by atoms with Crippen molar-refractivity contribution in [3.8, 4) is 0 Å². The van der Waals surface area contributed by atoms with E-state index in [-0.39, 0.29) is 17.6 Å². The minimum atomic E-state index is -0.770. The van der Waals surface area contributed by atoms with Crippen molar-refractivity contribution >= 4 is 28.8 Å². The fraction of sp³-hybridized carbons (Fsp3) is 0.650. The number of ether oxygens (including phenoxy) is 1. The van der Waals surface area contributed by atoms with Gasteiger partial charge < -0.3 is 4.74 Å². The molecule has 0 amide bonds. The molecule has 4 nitrogen and oxygen atoms in total. The van der Waals surface area contributed by atoms with Gasteiger partial charge in [0.15, 0.2) is 0 Å². The first kappa shape index (κ1) is 23.0. The molecule has 26 heavy (non-hydrogen) atoms. The number of hydrogen-bond acceptors (Lipinski definition) is 5. The Kier molecular flexibility index (Phi) is 8.15. The third-order valence-electron chi connectivity index (χ3n) is 3.62. The van der Waals surface area contributed by atoms with Crippen LogP contribution in [0.5, 0.6) is 0 Å². The predicted molar refractivity (Wildman–Crippen MR) is 110 cm³/mol. The van der Waals surface area contributed by atoms with Gasteiger partial charge in [-0.3, -0.25) is 0 Å². The molecule has 0 saturated heterocycles. The van der Waals surface area contributed by atoms with Crippen molar-refractivity contribution in [3.63, 3.8) is 0 Å². The standard InChI is InChI=1S/C20H31ClN2O2S/c1-18(2,3)15-9-11-16(12-10-15)26-20(7,23-22-19(4,5)6)13-8-14-25-17(21)24/h9-12H,8,13-14H2,1-7H3. The Morgan fingerprint density at radius 2 is 1.62 bits per heavy atom. The maximum Gasteiger partial charge on any atom is 0.403 e. The van der Waals surface area contributed by atoms with E-state index in [0.717, 1.165) is 11.3 Å². The molecule has 0 bridgehead atoms. The summed E-state index contributed by atoms with van der Waals surface area (Å²) in [7, 11) is 0. The number of rotatable bonds is 7. The van der Waals surface area contributed by atoms with Crippen LogP contribution in [0.15, 0.2) is 39.4 Å². The number of hydrogen-bond donors (Lipinski definition) is 0. The summed E-state index contributed by atoms with van der Waals surface area (Å²) in [5.74, 6) is 0. The Morgan fingerprint density at radius 1 is 1.04 bits per heavy atom. The second-order valence-corrected chi connectivity index (χ2v) is 10.5. The second-order valence-electron chi connectivity index (χ2n) is 8.61. The summed E-state index contributed by atoms with van der Waals surface area (Å²) in [5.41, 5.74) is 0.423. The highest BCUT2D eigenvalue weighted by Crippen LogP contribution is 2.39. The van der Waals surface area contributed by atoms with Gasteiger partial charge in [-0.15, -0.1) is 0 Å². The lowest BCUT2D eigenvalue weighted by atomic mass is 9.87. The molecule has 0 aliphatic heterocycles. The zero-order valence-electron chi connectivity index (χ0n) is 16.9. The lowest BCUT2D eigenvalue weighted by Crippen LogP contribution is -2.20. The monoisotopic (exact) mass is 398 g/mol. The Balaban J connectivity index is 2.90. The Labute approximate surface area is 167 Å². The fourth-order valence-corrected chi connectivity index (χ4v) is 3.39. The largest absolute Gasteiger partial charge is 0.454 e. The summed E-state index contributed by atoms with van der Waals surface area (Å²) >= 11 is 6.90. The van der Waals surface area contributed by atoms with Gasteiger partial charge in [0.1, 0.15) is 4.87 Å². The molecule has 1 aromatic carbocycles. The van der Waals surface area contributed by atoms with Crippen molar-refractivity contribution in [1.29, 1.82) is 0 Å². The molecule has 0 heterocycles. The summed E-state index contributed by atoms with van der Waals surface area (Å²) in [6.45, 7) is 15.0. The summed E-state index contributed by atoms with van der Waals surface area (Å²) in [4.78, 5) is 11.4. The highest BCUT2D eigenvalue weighted by atomic mass is 35.5. The maximum absolute atomic E-state index is 10.7. The molecule has 0 saturated carbocycles. The Morgan fingerprint density at radius 3 is 2.08 bits per heavy atom. The first-order valence-electron chi connectivity index (χ1n) is 8.87. The quantitative estimate of drug-likeness (QED) is 0.211. The van der Waals surface area contributed by atoms with Crippen LogP contribution in [0, 0.1) is 0 Å². The Hall–Kier alpha value is -1.07. The van der Waals surface area contributed by atoms with E-state index in [2.05, 4.69) is 62.2 Å². The molecule has 0 fully saturated rings. The van der Waals surface area contributed by atoms with Crippen LogP contribution in [0.3, 0.4) is 0 Å². The van der Waals surface area contributed by atoms with E-state index in [1.807, 2.05) is 20.8 Å². The highest BCUT2D eigenvalue weighted by molar-refractivity contribution is 8.00. The maximum atomic E-state index is 10.7. The van der Waals surface area contributed by atoms with Gasteiger partial charge in [0, 0.05) is 16.5 Å². The van der Waals surface area contributed by atoms with Gasteiger partial charge in [0.2, 0.25) is 0 Å². The first-order valence-corrected chi connectivity index (χ1v) is 10.1. The van der Waals surface area contributed by atoms with Crippen molar-refractivity contribution in [3.05, 3.63) is 29.8 Å². The van der Waals surface area contributed by atoms with Crippen LogP contribution < -0.4 is 0 Å². The van der Waals surface area contributed by atoms with E-state index in [4.69, 9.17) is 16.3 Å². The van der Waals surface area contributed by atoms with Gasteiger partial charge in [-0.25, -0.2) is 4.79 Å². The summed E-state index contributed by atoms with van der Waals surface area (Å²) in [6.07, 6.45) is 1.40. The zero-order chi connectivity index (χ0) is 20.0. The number of azo groups is 1. The van der Waals surface area contributed by atoms with E-state index >= 15 is 0 Å². The van der Waals surface area contributed by atoms with Gasteiger partial charge in [0.25, 0.3) is 0 Å². The second kappa shape index (κ2) is 9.23. The lowest BCUT2D eigenvalue weighted by molar-refractivity contribution is 0.169. The first-order chi connectivity index (χ1) is 11.8. The van der Waals surface area contributed by atoms with E-state index in [1.165, 1.54) is 5.56 Å². The number of carbonyl (C=O) groups is 1. The van der Waals surface area contributed by atoms with Crippen molar-refractivity contribution in [2.75, 3.05) is 6.61 Å². The number of thioether (sulfide) groups is 1. The smallest absolute Gasteiger partial charge is 0.403 e. The number of benzene rings is 1. The molecule has 0 aliphatic rings. The van der Waals surface area contributed by atoms with Crippen LogP contribution in [0.25, 0.3) is 0 Å². The van der Waals surface area contributed by atoms with E-state index in [0.29, 0.717) is 6.42 Å². The van der Waals surface area contributed by atoms with Gasteiger partial charge in [-0.1, -0.05) is 44.7 Å². The van der Waals surface area contributed by atoms with Gasteiger partial charge in [-0.05, 0) is 63.6 Å². The average molecular weight is 399 g/mol. The molecule has 6 heteroatoms. The van der Waals surface area contributed by atoms with Crippen LogP contribution in [0.2, 0.25) is 0 Å². The molecular formula is C20H31ClN2O2S. The fourth-order valence-electron chi connectivity index (χ4n) is 2.21. The number of halogens is 1. The van der Waals surface area contributed by atoms with Crippen LogP contribution in [-0.2, 0) is 10.2 Å². The van der Waals surface area contributed by atoms with Gasteiger partial charge >= 0.3 is 5.43 Å². The van der Waals surface area contributed by atoms with Crippen molar-refractivity contribution in [1.82, 2.24) is 0 Å². The zero-order valence-corrected chi connectivity index (χ0v) is 18.5. The third-order valence-corrected chi connectivity index (χ3v) is 4.96. The van der Waals surface area contributed by atoms with E-state index in [1.54, 1.807) is 11.8 Å². The number of carbonyl (C=O) groups excluding carboxylic acids is 1. The SMILES string of the molecule is CC(C)(C)N=NC(C)(CCCOC(=O)Cl)Sc1ccc(C(C)(C)C)cc1. The molecular weight excluding hydrogens is 368 g/mol. The molecule has 1 unspecified atom stereocenters. The van der Waals surface area contributed by atoms with Crippen LogP contribution in [-0.4, -0.2) is 22.4 Å². The normalized spacial score (nSPS) is 15.1. The van der Waals surface area contributed by atoms with Gasteiger partial charge in [0.05, 0.1) is 12.1 Å². The molecule has 1 atom stereocenters. The molecule has 146 valence electrons. The average Bonchev–Trinajstić information content (AvgIpc) is 2.49. The molecule has 0 radical (unpaired) electrons. The number of nitrogens with zero attached hydrogens (tertiary/aromatic N) is 2.